The second kappa shape index (κ2) is 15.8. The topological polar surface area (TPSA) is 8.17 Å². The Balaban J connectivity index is 1.03. The number of para-hydroxylation sites is 2. The van der Waals surface area contributed by atoms with Crippen LogP contribution in [0.2, 0.25) is 0 Å². The molecule has 0 unspecified atom stereocenters. The van der Waals surface area contributed by atoms with E-state index in [0.29, 0.717) is 0 Å². The molecule has 0 saturated carbocycles. The van der Waals surface area contributed by atoms with Crippen molar-refractivity contribution in [3.63, 3.8) is 0 Å². The van der Waals surface area contributed by atoms with Gasteiger partial charge in [0.2, 0.25) is 0 Å². The van der Waals surface area contributed by atoms with Gasteiger partial charge in [0.05, 0.1) is 11.0 Å². The van der Waals surface area contributed by atoms with Crippen LogP contribution < -0.4 is 4.90 Å². The lowest BCUT2D eigenvalue weighted by Crippen LogP contribution is -2.10. The van der Waals surface area contributed by atoms with Crippen molar-refractivity contribution < 1.29 is 0 Å². The number of aromatic nitrogens is 1. The van der Waals surface area contributed by atoms with E-state index in [4.69, 9.17) is 0 Å². The van der Waals surface area contributed by atoms with Crippen molar-refractivity contribution in [2.24, 2.45) is 0 Å². The quantitative estimate of drug-likeness (QED) is 0.139. The van der Waals surface area contributed by atoms with Gasteiger partial charge in [0, 0.05) is 33.5 Å². The zero-order valence-corrected chi connectivity index (χ0v) is 35.1. The SMILES string of the molecule is c1ccc(-c2cc(-c3ccccc3)cc(-c3ccc(N(c4cccc(-c5cccc6c5ccc5ccccc56)c4)c4ccc5c6ccccc6n(-c6ccccc6)c5c4)cc3)c2)cc1. The lowest BCUT2D eigenvalue weighted by atomic mass is 9.93. The van der Waals surface area contributed by atoms with Crippen LogP contribution >= 0.6 is 0 Å². The van der Waals surface area contributed by atoms with E-state index in [1.807, 2.05) is 0 Å². The molecule has 2 heteroatoms. The summed E-state index contributed by atoms with van der Waals surface area (Å²) in [6.45, 7) is 0. The molecule has 1 aromatic heterocycles. The van der Waals surface area contributed by atoms with Crippen molar-refractivity contribution in [3.05, 3.63) is 255 Å². The Morgan fingerprint density at radius 3 is 1.48 bits per heavy atom. The van der Waals surface area contributed by atoms with E-state index in [9.17, 15) is 0 Å². The van der Waals surface area contributed by atoms with Gasteiger partial charge in [0.15, 0.2) is 0 Å². The third kappa shape index (κ3) is 6.61. The number of fused-ring (bicyclic) bond motifs is 6. The molecule has 0 atom stereocenters. The number of benzene rings is 11. The fraction of sp³-hybridized carbons (Fsp3) is 0. The molecule has 0 spiro atoms. The fourth-order valence-electron chi connectivity index (χ4n) is 9.70. The van der Waals surface area contributed by atoms with Gasteiger partial charge in [0.25, 0.3) is 0 Å². The van der Waals surface area contributed by atoms with Gasteiger partial charge in [-0.15, -0.1) is 0 Å². The Kier molecular flexibility index (Phi) is 9.20. The predicted octanol–water partition coefficient (Wildman–Crippen LogP) is 17.2. The van der Waals surface area contributed by atoms with Crippen LogP contribution in [0.5, 0.6) is 0 Å². The lowest BCUT2D eigenvalue weighted by molar-refractivity contribution is 1.18. The molecule has 0 bridgehead atoms. The highest BCUT2D eigenvalue weighted by molar-refractivity contribution is 6.13. The maximum Gasteiger partial charge on any atom is 0.0561 e. The molecular formula is C62H42N2. The van der Waals surface area contributed by atoms with Gasteiger partial charge in [-0.1, -0.05) is 182 Å². The van der Waals surface area contributed by atoms with Crippen LogP contribution in [0.15, 0.2) is 255 Å². The van der Waals surface area contributed by atoms with Crippen LogP contribution in [0.3, 0.4) is 0 Å². The van der Waals surface area contributed by atoms with Gasteiger partial charge in [-0.2, -0.15) is 0 Å². The molecule has 0 N–H and O–H groups in total. The van der Waals surface area contributed by atoms with E-state index in [1.165, 1.54) is 76.8 Å². The number of nitrogens with zero attached hydrogens (tertiary/aromatic N) is 2. The third-order valence-corrected chi connectivity index (χ3v) is 12.7. The second-order valence-corrected chi connectivity index (χ2v) is 16.5. The molecule has 300 valence electrons. The van der Waals surface area contributed by atoms with Crippen molar-refractivity contribution in [3.8, 4) is 50.2 Å². The van der Waals surface area contributed by atoms with Crippen LogP contribution in [0, 0.1) is 0 Å². The highest BCUT2D eigenvalue weighted by Crippen LogP contribution is 2.43. The molecule has 12 aromatic rings. The Hall–Kier alpha value is -8.46. The van der Waals surface area contributed by atoms with E-state index in [1.54, 1.807) is 0 Å². The summed E-state index contributed by atoms with van der Waals surface area (Å²) in [6.07, 6.45) is 0. The maximum absolute atomic E-state index is 2.41. The average molecular weight is 815 g/mol. The van der Waals surface area contributed by atoms with E-state index >= 15 is 0 Å². The number of rotatable bonds is 8. The van der Waals surface area contributed by atoms with Crippen molar-refractivity contribution >= 4 is 60.4 Å². The first kappa shape index (κ1) is 37.3. The Labute approximate surface area is 373 Å². The zero-order valence-electron chi connectivity index (χ0n) is 35.1. The molecule has 1 heterocycles. The maximum atomic E-state index is 2.41. The summed E-state index contributed by atoms with van der Waals surface area (Å²) in [7, 11) is 0. The van der Waals surface area contributed by atoms with E-state index in [2.05, 4.69) is 264 Å². The highest BCUT2D eigenvalue weighted by Gasteiger charge is 2.19. The normalized spacial score (nSPS) is 11.4. The van der Waals surface area contributed by atoms with Crippen molar-refractivity contribution in [1.82, 2.24) is 4.57 Å². The van der Waals surface area contributed by atoms with Gasteiger partial charge in [-0.25, -0.2) is 0 Å². The molecular weight excluding hydrogens is 773 g/mol. The number of anilines is 3. The summed E-state index contributed by atoms with van der Waals surface area (Å²) in [5, 5.41) is 7.49. The first-order valence-electron chi connectivity index (χ1n) is 22.0. The molecule has 0 radical (unpaired) electrons. The van der Waals surface area contributed by atoms with Gasteiger partial charge < -0.3 is 9.47 Å². The van der Waals surface area contributed by atoms with Crippen LogP contribution in [-0.4, -0.2) is 4.57 Å². The van der Waals surface area contributed by atoms with Crippen molar-refractivity contribution in [1.29, 1.82) is 0 Å². The van der Waals surface area contributed by atoms with Gasteiger partial charge >= 0.3 is 0 Å². The smallest absolute Gasteiger partial charge is 0.0561 e. The summed E-state index contributed by atoms with van der Waals surface area (Å²) < 4.78 is 2.40. The first-order chi connectivity index (χ1) is 31.7. The average Bonchev–Trinajstić information content (AvgIpc) is 3.71. The zero-order chi connectivity index (χ0) is 42.4. The van der Waals surface area contributed by atoms with E-state index in [0.717, 1.165) is 33.8 Å². The molecule has 0 aliphatic rings. The molecule has 0 aliphatic heterocycles. The summed E-state index contributed by atoms with van der Waals surface area (Å²) >= 11 is 0. The van der Waals surface area contributed by atoms with E-state index in [-0.39, 0.29) is 0 Å². The van der Waals surface area contributed by atoms with Gasteiger partial charge in [-0.05, 0) is 139 Å². The minimum atomic E-state index is 1.08. The van der Waals surface area contributed by atoms with Crippen molar-refractivity contribution in [2.75, 3.05) is 4.90 Å². The monoisotopic (exact) mass is 814 g/mol. The molecule has 2 nitrogen and oxygen atoms in total. The predicted molar refractivity (Wildman–Crippen MR) is 272 cm³/mol. The van der Waals surface area contributed by atoms with Crippen LogP contribution in [0.1, 0.15) is 0 Å². The summed E-state index contributed by atoms with van der Waals surface area (Å²) in [5.74, 6) is 0. The van der Waals surface area contributed by atoms with Gasteiger partial charge in [-0.3, -0.25) is 0 Å². The molecule has 64 heavy (non-hydrogen) atoms. The van der Waals surface area contributed by atoms with Crippen molar-refractivity contribution in [2.45, 2.75) is 0 Å². The van der Waals surface area contributed by atoms with E-state index < -0.39 is 0 Å². The molecule has 0 amide bonds. The molecule has 0 saturated heterocycles. The fourth-order valence-corrected chi connectivity index (χ4v) is 9.70. The van der Waals surface area contributed by atoms with Crippen LogP contribution in [0.4, 0.5) is 17.1 Å². The molecule has 11 aromatic carbocycles. The third-order valence-electron chi connectivity index (χ3n) is 12.7. The Morgan fingerprint density at radius 1 is 0.250 bits per heavy atom. The second-order valence-electron chi connectivity index (χ2n) is 16.5. The number of hydrogen-bond donors (Lipinski definition) is 0. The Bertz CT molecular complexity index is 3590. The highest BCUT2D eigenvalue weighted by atomic mass is 15.1. The van der Waals surface area contributed by atoms with Crippen LogP contribution in [0.25, 0.3) is 93.5 Å². The summed E-state index contributed by atoms with van der Waals surface area (Å²) in [4.78, 5) is 2.41. The minimum Gasteiger partial charge on any atom is -0.310 e. The minimum absolute atomic E-state index is 1.08. The first-order valence-corrected chi connectivity index (χ1v) is 22.0. The standard InChI is InChI=1S/C62H42N2/c1-4-16-43(17-5-1)48-38-49(44-18-6-2-7-19-44)40-50(39-48)45-30-33-52(34-31-45)63(54-35-37-60-59-26-12-13-29-61(59)64(62(60)42-54)51-22-8-3-9-23-51)53-24-14-21-47(41-53)56-27-15-28-57-55-25-11-10-20-46(55)32-36-58(56)57/h1-42H. The summed E-state index contributed by atoms with van der Waals surface area (Å²) in [5.41, 5.74) is 16.3. The molecule has 12 rings (SSSR count). The molecule has 0 aliphatic carbocycles. The molecule has 0 fully saturated rings. The largest absolute Gasteiger partial charge is 0.310 e. The van der Waals surface area contributed by atoms with Crippen LogP contribution in [-0.2, 0) is 0 Å². The Morgan fingerprint density at radius 2 is 0.766 bits per heavy atom. The summed E-state index contributed by atoms with van der Waals surface area (Å²) in [6, 6.07) is 92.8. The lowest BCUT2D eigenvalue weighted by Gasteiger charge is -2.27. The number of hydrogen-bond acceptors (Lipinski definition) is 1. The van der Waals surface area contributed by atoms with Gasteiger partial charge in [0.1, 0.15) is 0 Å².